The van der Waals surface area contributed by atoms with Gasteiger partial charge in [0.25, 0.3) is 0 Å². The van der Waals surface area contributed by atoms with E-state index in [1.807, 2.05) is 0 Å². The third kappa shape index (κ3) is 11.0. The summed E-state index contributed by atoms with van der Waals surface area (Å²) in [5.74, 6) is -1.86. The molecule has 3 atom stereocenters. The van der Waals surface area contributed by atoms with Crippen molar-refractivity contribution in [2.24, 2.45) is 0 Å². The molecular formula is C23H40N3O11P. The van der Waals surface area contributed by atoms with Crippen molar-refractivity contribution < 1.29 is 52.1 Å². The first-order valence-corrected chi connectivity index (χ1v) is 14.5. The Morgan fingerprint density at radius 3 is 1.61 bits per heavy atom. The van der Waals surface area contributed by atoms with Crippen LogP contribution in [-0.4, -0.2) is 72.1 Å². The second-order valence-corrected chi connectivity index (χ2v) is 11.1. The van der Waals surface area contributed by atoms with Gasteiger partial charge in [0.05, 0.1) is 0 Å². The average molecular weight is 566 g/mol. The summed E-state index contributed by atoms with van der Waals surface area (Å²) in [7, 11) is -3.30. The molecule has 0 aromatic carbocycles. The lowest BCUT2D eigenvalue weighted by Gasteiger charge is -2.30. The quantitative estimate of drug-likeness (QED) is 0.103. The highest BCUT2D eigenvalue weighted by Gasteiger charge is 2.36. The van der Waals surface area contributed by atoms with Gasteiger partial charge in [-0.25, -0.2) is 18.9 Å². The fourth-order valence-corrected chi connectivity index (χ4v) is 5.48. The zero-order valence-electron chi connectivity index (χ0n) is 22.4. The number of likely N-dealkylation sites (N-methyl/N-ethyl adjacent to an activating group) is 1. The Labute approximate surface area is 222 Å². The minimum Gasteiger partial charge on any atom is -0.480 e. The smallest absolute Gasteiger partial charge is 0.480 e. The lowest BCUT2D eigenvalue weighted by molar-refractivity contribution is -0.141. The summed E-state index contributed by atoms with van der Waals surface area (Å²) in [6, 6.07) is -1.17. The van der Waals surface area contributed by atoms with Crippen molar-refractivity contribution in [3.8, 4) is 0 Å². The lowest BCUT2D eigenvalue weighted by atomic mass is 9.98. The molecule has 3 N–H and O–H groups in total. The van der Waals surface area contributed by atoms with Gasteiger partial charge in [0.15, 0.2) is 0 Å². The Morgan fingerprint density at radius 2 is 1.24 bits per heavy atom. The first-order chi connectivity index (χ1) is 17.9. The van der Waals surface area contributed by atoms with Crippen LogP contribution >= 0.6 is 7.75 Å². The van der Waals surface area contributed by atoms with Gasteiger partial charge in [-0.15, -0.1) is 0 Å². The molecular weight excluding hydrogens is 525 g/mol. The number of carbonyl (C=O) groups excluding carboxylic acids is 2. The number of rotatable bonds is 11. The molecule has 2 saturated carbocycles. The molecule has 0 saturated heterocycles. The van der Waals surface area contributed by atoms with Gasteiger partial charge in [-0.1, -0.05) is 12.8 Å². The Balaban J connectivity index is 2.02. The molecule has 218 valence electrons. The second kappa shape index (κ2) is 15.1. The van der Waals surface area contributed by atoms with Crippen LogP contribution in [0.15, 0.2) is 0 Å². The molecule has 0 radical (unpaired) electrons. The highest BCUT2D eigenvalue weighted by molar-refractivity contribution is 7.52. The predicted octanol–water partition coefficient (Wildman–Crippen LogP) is 4.72. The number of hydrogen-bond acceptors (Lipinski definition) is 11. The maximum atomic E-state index is 13.5. The number of aliphatic carboxylic acids is 1. The van der Waals surface area contributed by atoms with Crippen LogP contribution in [0.2, 0.25) is 0 Å². The monoisotopic (exact) mass is 565 g/mol. The van der Waals surface area contributed by atoms with Crippen molar-refractivity contribution in [2.45, 2.75) is 116 Å². The number of ether oxygens (including phenoxy) is 4. The predicted molar refractivity (Wildman–Crippen MR) is 133 cm³/mol. The van der Waals surface area contributed by atoms with E-state index in [1.54, 1.807) is 0 Å². The van der Waals surface area contributed by atoms with Crippen LogP contribution in [0.1, 0.15) is 85.0 Å². The van der Waals surface area contributed by atoms with Gasteiger partial charge in [-0.2, -0.15) is 0 Å². The van der Waals surface area contributed by atoms with Crippen LogP contribution in [0.5, 0.6) is 0 Å². The number of carboxylic acids is 1. The maximum absolute atomic E-state index is 13.5. The first kappa shape index (κ1) is 31.6. The van der Waals surface area contributed by atoms with Crippen molar-refractivity contribution in [1.82, 2.24) is 9.99 Å². The molecule has 38 heavy (non-hydrogen) atoms. The van der Waals surface area contributed by atoms with Crippen molar-refractivity contribution in [1.29, 1.82) is 5.41 Å². The first-order valence-electron chi connectivity index (χ1n) is 12.9. The number of guanidine groups is 1. The summed E-state index contributed by atoms with van der Waals surface area (Å²) in [4.78, 5) is 36.6. The van der Waals surface area contributed by atoms with Crippen molar-refractivity contribution in [2.75, 3.05) is 7.05 Å². The third-order valence-corrected chi connectivity index (χ3v) is 7.90. The van der Waals surface area contributed by atoms with E-state index in [0.717, 1.165) is 43.4 Å². The molecule has 0 aliphatic heterocycles. The van der Waals surface area contributed by atoms with E-state index >= 15 is 0 Å². The summed E-state index contributed by atoms with van der Waals surface area (Å²) in [6.07, 6.45) is 3.15. The molecule has 0 aromatic heterocycles. The highest BCUT2D eigenvalue weighted by atomic mass is 31.2. The van der Waals surface area contributed by atoms with Crippen LogP contribution in [0, 0.1) is 5.41 Å². The molecule has 0 spiro atoms. The van der Waals surface area contributed by atoms with Crippen LogP contribution in [-0.2, 0) is 37.4 Å². The van der Waals surface area contributed by atoms with Gasteiger partial charge in [-0.05, 0) is 72.1 Å². The van der Waals surface area contributed by atoms with Gasteiger partial charge in [-0.3, -0.25) is 19.5 Å². The molecule has 0 bridgehead atoms. The normalized spacial score (nSPS) is 20.6. The fourth-order valence-electron chi connectivity index (χ4n) is 4.04. The van der Waals surface area contributed by atoms with E-state index < -0.39 is 50.6 Å². The van der Waals surface area contributed by atoms with Crippen LogP contribution in [0.4, 0.5) is 9.59 Å². The maximum Gasteiger partial charge on any atom is 0.510 e. The minimum absolute atomic E-state index is 0.285. The zero-order valence-corrected chi connectivity index (χ0v) is 23.3. The Hall–Kier alpha value is -2.57. The highest BCUT2D eigenvalue weighted by Crippen LogP contribution is 2.47. The van der Waals surface area contributed by atoms with Crippen LogP contribution in [0.25, 0.3) is 0 Å². The summed E-state index contributed by atoms with van der Waals surface area (Å²) in [5.41, 5.74) is 0. The Morgan fingerprint density at radius 1 is 0.842 bits per heavy atom. The summed E-state index contributed by atoms with van der Waals surface area (Å²) in [6.45, 7) is 3.83. The molecule has 15 heteroatoms. The average Bonchev–Trinajstić information content (AvgIpc) is 2.83. The number of nitrogens with one attached hydrogen (secondary N) is 2. The summed E-state index contributed by atoms with van der Waals surface area (Å²) in [5, 5.41) is 19.6. The summed E-state index contributed by atoms with van der Waals surface area (Å²) < 4.78 is 44.8. The van der Waals surface area contributed by atoms with E-state index in [4.69, 9.17) is 33.4 Å². The molecule has 14 nitrogen and oxygen atoms in total. The topological polar surface area (TPSA) is 183 Å². The molecule has 0 aromatic rings. The van der Waals surface area contributed by atoms with Crippen molar-refractivity contribution in [3.05, 3.63) is 0 Å². The van der Waals surface area contributed by atoms with Gasteiger partial charge in [0.2, 0.25) is 18.5 Å². The number of hydrogen-bond donors (Lipinski definition) is 3. The molecule has 2 aliphatic carbocycles. The van der Waals surface area contributed by atoms with E-state index in [0.29, 0.717) is 25.7 Å². The van der Waals surface area contributed by atoms with Gasteiger partial charge >= 0.3 is 26.0 Å². The van der Waals surface area contributed by atoms with Gasteiger partial charge < -0.3 is 29.0 Å². The van der Waals surface area contributed by atoms with Crippen LogP contribution in [0.3, 0.4) is 0 Å². The Kier molecular flexibility index (Phi) is 12.6. The molecule has 3 unspecified atom stereocenters. The fraction of sp³-hybridized carbons (Fsp3) is 0.826. The van der Waals surface area contributed by atoms with E-state index in [1.165, 1.54) is 27.8 Å². The molecule has 2 rings (SSSR count). The van der Waals surface area contributed by atoms with E-state index in [2.05, 4.69) is 5.09 Å². The van der Waals surface area contributed by atoms with E-state index in [-0.39, 0.29) is 12.2 Å². The molecule has 0 amide bonds. The van der Waals surface area contributed by atoms with Gasteiger partial charge in [0, 0.05) is 7.05 Å². The number of nitrogens with zero attached hydrogens (tertiary/aromatic N) is 1. The minimum atomic E-state index is -4.58. The SMILES string of the molecule is CC(OC(=O)OC1CCCCC1)OP(=O)(NC(=N)N(C)C(C)C(=O)O)OC(C)OC(=O)OC1CCCCC1. The zero-order chi connectivity index (χ0) is 28.3. The third-order valence-electron chi connectivity index (χ3n) is 6.26. The van der Waals surface area contributed by atoms with Crippen molar-refractivity contribution in [3.63, 3.8) is 0 Å². The number of carboxylic acid groups (broad SMARTS) is 1. The van der Waals surface area contributed by atoms with Crippen molar-refractivity contribution >= 4 is 32.0 Å². The summed E-state index contributed by atoms with van der Waals surface area (Å²) >= 11 is 0. The molecule has 2 aliphatic rings. The largest absolute Gasteiger partial charge is 0.510 e. The standard InChI is InChI=1S/C23H40N3O11P/c1-15(20(27)28)26(4)21(24)25-38(31,36-16(2)32-22(29)34-18-11-7-5-8-12-18)37-17(3)33-23(30)35-19-13-9-6-10-14-19/h15-19H,5-14H2,1-4H3,(H,27,28)(H2,24,25,31). The second-order valence-electron chi connectivity index (χ2n) is 9.42. The molecule has 2 fully saturated rings. The van der Waals surface area contributed by atoms with E-state index in [9.17, 15) is 24.1 Å². The lowest BCUT2D eigenvalue weighted by Crippen LogP contribution is -2.46. The number of carbonyl (C=O) groups is 3. The molecule has 0 heterocycles. The Bertz CT molecular complexity index is 816. The van der Waals surface area contributed by atoms with Crippen LogP contribution < -0.4 is 5.09 Å². The van der Waals surface area contributed by atoms with Gasteiger partial charge in [0.1, 0.15) is 18.2 Å².